The summed E-state index contributed by atoms with van der Waals surface area (Å²) in [7, 11) is 0. The Morgan fingerprint density at radius 2 is 1.91 bits per heavy atom. The highest BCUT2D eigenvalue weighted by atomic mass is 35.5. The van der Waals surface area contributed by atoms with Crippen LogP contribution < -0.4 is 10.1 Å². The first-order valence-electron chi connectivity index (χ1n) is 11.4. The van der Waals surface area contributed by atoms with Crippen molar-refractivity contribution >= 4 is 28.4 Å². The van der Waals surface area contributed by atoms with E-state index in [9.17, 15) is 18.7 Å². The van der Waals surface area contributed by atoms with Crippen molar-refractivity contribution in [2.45, 2.75) is 82.5 Å². The van der Waals surface area contributed by atoms with Crippen LogP contribution in [0, 0.1) is 5.92 Å². The van der Waals surface area contributed by atoms with Crippen molar-refractivity contribution < 1.29 is 23.4 Å². The number of pyridine rings is 1. The third-order valence-electron chi connectivity index (χ3n) is 6.35. The Morgan fingerprint density at radius 1 is 1.19 bits per heavy atom. The number of nitrogens with zero attached hydrogens (tertiary/aromatic N) is 1. The summed E-state index contributed by atoms with van der Waals surface area (Å²) in [5.41, 5.74) is 0.692. The van der Waals surface area contributed by atoms with Gasteiger partial charge in [-0.1, -0.05) is 43.7 Å². The zero-order valence-corrected chi connectivity index (χ0v) is 18.7. The lowest BCUT2D eigenvalue weighted by Crippen LogP contribution is -2.36. The van der Waals surface area contributed by atoms with Crippen LogP contribution in [0.3, 0.4) is 0 Å². The van der Waals surface area contributed by atoms with Gasteiger partial charge >= 0.3 is 6.61 Å². The molecule has 2 N–H and O–H groups in total. The second-order valence-corrected chi connectivity index (χ2v) is 9.67. The first kappa shape index (κ1) is 23.2. The van der Waals surface area contributed by atoms with Gasteiger partial charge in [0.15, 0.2) is 0 Å². The molecule has 1 heterocycles. The molecule has 0 bridgehead atoms. The van der Waals surface area contributed by atoms with Crippen molar-refractivity contribution in [2.75, 3.05) is 0 Å². The number of alkyl halides is 2. The Kier molecular flexibility index (Phi) is 7.15. The molecule has 3 fully saturated rings. The number of aromatic nitrogens is 1. The second kappa shape index (κ2) is 9.87. The smallest absolute Gasteiger partial charge is 0.387 e. The van der Waals surface area contributed by atoms with Gasteiger partial charge in [0, 0.05) is 23.7 Å². The van der Waals surface area contributed by atoms with E-state index < -0.39 is 6.61 Å². The van der Waals surface area contributed by atoms with Gasteiger partial charge in [0.25, 0.3) is 5.91 Å². The van der Waals surface area contributed by atoms with Gasteiger partial charge in [-0.15, -0.1) is 0 Å². The van der Waals surface area contributed by atoms with Crippen molar-refractivity contribution in [1.82, 2.24) is 10.3 Å². The van der Waals surface area contributed by atoms with Gasteiger partial charge in [0.05, 0.1) is 21.7 Å². The van der Waals surface area contributed by atoms with Crippen LogP contribution >= 0.6 is 11.6 Å². The Bertz CT molecular complexity index is 958. The van der Waals surface area contributed by atoms with Gasteiger partial charge in [-0.05, 0) is 50.2 Å². The zero-order chi connectivity index (χ0) is 22.7. The maximum absolute atomic E-state index is 12.3. The van der Waals surface area contributed by atoms with E-state index in [0.29, 0.717) is 16.5 Å². The van der Waals surface area contributed by atoms with Crippen LogP contribution in [0.25, 0.3) is 10.9 Å². The van der Waals surface area contributed by atoms with Gasteiger partial charge in [0.1, 0.15) is 5.75 Å². The van der Waals surface area contributed by atoms with E-state index in [4.69, 9.17) is 11.6 Å². The highest BCUT2D eigenvalue weighted by molar-refractivity contribution is 6.32. The van der Waals surface area contributed by atoms with E-state index in [-0.39, 0.29) is 28.3 Å². The number of benzene rings is 1. The summed E-state index contributed by atoms with van der Waals surface area (Å²) in [6.07, 6.45) is 12.9. The largest absolute Gasteiger partial charge is 0.433 e. The molecule has 174 valence electrons. The van der Waals surface area contributed by atoms with Gasteiger partial charge in [-0.2, -0.15) is 8.78 Å². The molecule has 1 aromatic heterocycles. The summed E-state index contributed by atoms with van der Waals surface area (Å²) in [6.45, 7) is -2.96. The molecule has 0 radical (unpaired) electrons. The Morgan fingerprint density at radius 3 is 2.53 bits per heavy atom. The molecule has 0 saturated heterocycles. The molecule has 1 amide bonds. The summed E-state index contributed by atoms with van der Waals surface area (Å²) >= 11 is 5.95. The maximum Gasteiger partial charge on any atom is 0.387 e. The minimum absolute atomic E-state index is 0.0504. The summed E-state index contributed by atoms with van der Waals surface area (Å²) in [5.74, 6) is 0.592. The normalized spacial score (nSPS) is 19.9. The van der Waals surface area contributed by atoms with Gasteiger partial charge in [-0.3, -0.25) is 9.78 Å². The zero-order valence-electron chi connectivity index (χ0n) is 18.0. The van der Waals surface area contributed by atoms with Crippen LogP contribution in [0.4, 0.5) is 8.78 Å². The quantitative estimate of drug-likeness (QED) is 0.559. The standard InChI is InChI=1S/C17H17ClF2N2O2.C7H12O/c18-13-7-10-6-11(16(23)22-12-4-2-1-3-5-12)9-21-14(10)8-15(13)24-17(19)20;8-7(3-4-7)5-6-1-2-6/h6-9,12,17H,1-5H2,(H,22,23);6,8H,1-5H2. The molecule has 0 spiro atoms. The highest BCUT2D eigenvalue weighted by Gasteiger charge is 2.44. The fourth-order valence-corrected chi connectivity index (χ4v) is 4.38. The van der Waals surface area contributed by atoms with E-state index in [1.54, 1.807) is 6.07 Å². The van der Waals surface area contributed by atoms with Crippen LogP contribution in [0.5, 0.6) is 5.75 Å². The first-order chi connectivity index (χ1) is 15.3. The van der Waals surface area contributed by atoms with Gasteiger partial charge in [0.2, 0.25) is 0 Å². The third-order valence-corrected chi connectivity index (χ3v) is 6.64. The van der Waals surface area contributed by atoms with Crippen LogP contribution in [0.1, 0.15) is 74.6 Å². The van der Waals surface area contributed by atoms with E-state index in [1.165, 1.54) is 37.6 Å². The van der Waals surface area contributed by atoms with Gasteiger partial charge in [-0.25, -0.2) is 0 Å². The van der Waals surface area contributed by atoms with Crippen molar-refractivity contribution in [3.05, 3.63) is 35.0 Å². The van der Waals surface area contributed by atoms with E-state index in [2.05, 4.69) is 15.0 Å². The number of hydrogen-bond acceptors (Lipinski definition) is 4. The lowest BCUT2D eigenvalue weighted by atomic mass is 9.95. The molecule has 3 aliphatic carbocycles. The van der Waals surface area contributed by atoms with Gasteiger partial charge < -0.3 is 15.2 Å². The summed E-state index contributed by atoms with van der Waals surface area (Å²) in [6, 6.07) is 4.66. The number of carbonyl (C=O) groups is 1. The lowest BCUT2D eigenvalue weighted by molar-refractivity contribution is -0.0497. The number of aliphatic hydroxyl groups is 1. The molecule has 0 aliphatic heterocycles. The Labute approximate surface area is 191 Å². The Balaban J connectivity index is 0.000000254. The molecular weight excluding hydrogens is 438 g/mol. The molecule has 5 nitrogen and oxygen atoms in total. The molecule has 1 aromatic carbocycles. The topological polar surface area (TPSA) is 71.5 Å². The number of amides is 1. The van der Waals surface area contributed by atoms with Crippen LogP contribution in [-0.2, 0) is 0 Å². The van der Waals surface area contributed by atoms with Crippen LogP contribution in [0.15, 0.2) is 24.4 Å². The predicted molar refractivity (Wildman–Crippen MR) is 119 cm³/mol. The fourth-order valence-electron chi connectivity index (χ4n) is 4.16. The van der Waals surface area contributed by atoms with Crippen molar-refractivity contribution in [3.8, 4) is 5.75 Å². The summed E-state index contributed by atoms with van der Waals surface area (Å²) in [4.78, 5) is 16.5. The highest BCUT2D eigenvalue weighted by Crippen LogP contribution is 2.47. The SMILES string of the molecule is O=C(NC1CCCCC1)c1cnc2cc(OC(F)F)c(Cl)cc2c1.OC1(CC2CC2)CC1. The summed E-state index contributed by atoms with van der Waals surface area (Å²) < 4.78 is 29.0. The number of carbonyl (C=O) groups excluding carboxylic acids is 1. The molecule has 32 heavy (non-hydrogen) atoms. The second-order valence-electron chi connectivity index (χ2n) is 9.26. The molecule has 8 heteroatoms. The molecule has 5 rings (SSSR count). The van der Waals surface area contributed by atoms with Crippen molar-refractivity contribution in [2.24, 2.45) is 5.92 Å². The minimum atomic E-state index is -2.96. The number of nitrogens with one attached hydrogen (secondary N) is 1. The fraction of sp³-hybridized carbons (Fsp3) is 0.583. The van der Waals surface area contributed by atoms with E-state index >= 15 is 0 Å². The molecule has 0 atom stereocenters. The predicted octanol–water partition coefficient (Wildman–Crippen LogP) is 5.86. The third kappa shape index (κ3) is 6.51. The molecular formula is C24H29ClF2N2O3. The van der Waals surface area contributed by atoms with Crippen molar-refractivity contribution in [3.63, 3.8) is 0 Å². The number of ether oxygens (including phenoxy) is 1. The lowest BCUT2D eigenvalue weighted by Gasteiger charge is -2.22. The van der Waals surface area contributed by atoms with Crippen molar-refractivity contribution in [1.29, 1.82) is 0 Å². The van der Waals surface area contributed by atoms with E-state index in [1.807, 2.05) is 0 Å². The molecule has 3 aliphatic rings. The summed E-state index contributed by atoms with van der Waals surface area (Å²) in [5, 5.41) is 13.0. The maximum atomic E-state index is 12.3. The molecule has 3 saturated carbocycles. The molecule has 2 aromatic rings. The number of fused-ring (bicyclic) bond motifs is 1. The Hall–Kier alpha value is -1.99. The molecule has 0 unspecified atom stereocenters. The number of hydrogen-bond donors (Lipinski definition) is 2. The van der Waals surface area contributed by atoms with Crippen LogP contribution in [0.2, 0.25) is 5.02 Å². The average Bonchev–Trinajstić information content (AvgIpc) is 3.69. The van der Waals surface area contributed by atoms with E-state index in [0.717, 1.165) is 50.9 Å². The number of rotatable bonds is 6. The van der Waals surface area contributed by atoms with Crippen LogP contribution in [-0.4, -0.2) is 34.3 Å². The monoisotopic (exact) mass is 466 g/mol. The minimum Gasteiger partial charge on any atom is -0.433 e. The average molecular weight is 467 g/mol. The number of halogens is 3. The first-order valence-corrected chi connectivity index (χ1v) is 11.8.